The van der Waals surface area contributed by atoms with Gasteiger partial charge in [0.05, 0.1) is 11.1 Å². The van der Waals surface area contributed by atoms with Crippen LogP contribution in [0.4, 0.5) is 26.3 Å². The minimum absolute atomic E-state index is 0.0122. The van der Waals surface area contributed by atoms with Crippen LogP contribution in [-0.4, -0.2) is 40.8 Å². The molecule has 0 aliphatic heterocycles. The summed E-state index contributed by atoms with van der Waals surface area (Å²) < 4.78 is 80.2. The van der Waals surface area contributed by atoms with Crippen LogP contribution in [-0.2, 0) is 18.8 Å². The summed E-state index contributed by atoms with van der Waals surface area (Å²) in [5.74, 6) is -1.42. The lowest BCUT2D eigenvalue weighted by atomic mass is 9.99. The van der Waals surface area contributed by atoms with E-state index < -0.39 is 46.9 Å². The van der Waals surface area contributed by atoms with Crippen LogP contribution in [0.5, 0.6) is 0 Å². The van der Waals surface area contributed by atoms with Crippen molar-refractivity contribution < 1.29 is 35.9 Å². The number of rotatable bonds is 9. The predicted octanol–water partition coefficient (Wildman–Crippen LogP) is 6.01. The van der Waals surface area contributed by atoms with E-state index in [0.29, 0.717) is 12.1 Å². The van der Waals surface area contributed by atoms with Crippen LogP contribution in [0, 0.1) is 0 Å². The van der Waals surface area contributed by atoms with Gasteiger partial charge in [-0.1, -0.05) is 36.4 Å². The molecule has 5 nitrogen and oxygen atoms in total. The third-order valence-corrected chi connectivity index (χ3v) is 5.85. The van der Waals surface area contributed by atoms with Crippen molar-refractivity contribution in [1.82, 2.24) is 15.2 Å². The van der Waals surface area contributed by atoms with Crippen molar-refractivity contribution in [1.29, 1.82) is 0 Å². The molecule has 38 heavy (non-hydrogen) atoms. The summed E-state index contributed by atoms with van der Waals surface area (Å²) in [5.41, 5.74) is -2.86. The molecule has 1 aromatic heterocycles. The molecule has 0 saturated carbocycles. The predicted molar refractivity (Wildman–Crippen MR) is 128 cm³/mol. The van der Waals surface area contributed by atoms with Crippen molar-refractivity contribution in [3.8, 4) is 0 Å². The standard InChI is InChI=1S/C27H25F6N3O2/c1-2-36(25(38)19-15-20(26(28,29)30)17-21(16-19)27(31,32)33)22(14-18-8-4-3-5-9-18)11-13-35-24(37)23-10-6-7-12-34-23/h3-10,12,15-17,22H,2,11,13-14H2,1H3,(H,35,37). The van der Waals surface area contributed by atoms with E-state index in [1.807, 2.05) is 0 Å². The lowest BCUT2D eigenvalue weighted by Crippen LogP contribution is -2.43. The topological polar surface area (TPSA) is 62.3 Å². The van der Waals surface area contributed by atoms with E-state index in [-0.39, 0.29) is 37.7 Å². The van der Waals surface area contributed by atoms with Gasteiger partial charge in [0, 0.05) is 30.9 Å². The number of halogens is 6. The van der Waals surface area contributed by atoms with Gasteiger partial charge in [0.1, 0.15) is 5.69 Å². The molecule has 0 saturated heterocycles. The van der Waals surface area contributed by atoms with Crippen molar-refractivity contribution in [3.05, 3.63) is 101 Å². The van der Waals surface area contributed by atoms with Gasteiger partial charge in [-0.3, -0.25) is 14.6 Å². The fraction of sp³-hybridized carbons (Fsp3) is 0.296. The molecule has 3 aromatic rings. The van der Waals surface area contributed by atoms with Gasteiger partial charge in [-0.25, -0.2) is 0 Å². The van der Waals surface area contributed by atoms with E-state index in [1.54, 1.807) is 49.4 Å². The highest BCUT2D eigenvalue weighted by Gasteiger charge is 2.38. The van der Waals surface area contributed by atoms with Gasteiger partial charge < -0.3 is 10.2 Å². The Morgan fingerprint density at radius 3 is 2.03 bits per heavy atom. The molecular weight excluding hydrogens is 512 g/mol. The fourth-order valence-corrected chi connectivity index (χ4v) is 4.01. The van der Waals surface area contributed by atoms with Gasteiger partial charge in [0.15, 0.2) is 0 Å². The Hall–Kier alpha value is -3.89. The van der Waals surface area contributed by atoms with Crippen LogP contribution >= 0.6 is 0 Å². The van der Waals surface area contributed by atoms with E-state index in [2.05, 4.69) is 10.3 Å². The van der Waals surface area contributed by atoms with E-state index >= 15 is 0 Å². The van der Waals surface area contributed by atoms with E-state index in [4.69, 9.17) is 0 Å². The number of nitrogens with one attached hydrogen (secondary N) is 1. The molecule has 11 heteroatoms. The third kappa shape index (κ3) is 7.56. The van der Waals surface area contributed by atoms with E-state index in [9.17, 15) is 35.9 Å². The molecule has 1 unspecified atom stereocenters. The summed E-state index contributed by atoms with van der Waals surface area (Å²) in [6.07, 6.45) is -8.24. The van der Waals surface area contributed by atoms with Crippen LogP contribution < -0.4 is 5.32 Å². The number of carbonyl (C=O) groups excluding carboxylic acids is 2. The minimum Gasteiger partial charge on any atom is -0.351 e. The number of carbonyl (C=O) groups is 2. The van der Waals surface area contributed by atoms with Gasteiger partial charge in [-0.05, 0) is 55.7 Å². The molecule has 0 bridgehead atoms. The van der Waals surface area contributed by atoms with Gasteiger partial charge in [-0.2, -0.15) is 26.3 Å². The monoisotopic (exact) mass is 537 g/mol. The Bertz CT molecular complexity index is 1200. The maximum atomic E-state index is 13.4. The molecule has 1 N–H and O–H groups in total. The van der Waals surface area contributed by atoms with Crippen LogP contribution in [0.15, 0.2) is 72.9 Å². The van der Waals surface area contributed by atoms with Crippen molar-refractivity contribution >= 4 is 11.8 Å². The first-order chi connectivity index (χ1) is 17.9. The highest BCUT2D eigenvalue weighted by atomic mass is 19.4. The van der Waals surface area contributed by atoms with Gasteiger partial charge in [-0.15, -0.1) is 0 Å². The number of amides is 2. The summed E-state index contributed by atoms with van der Waals surface area (Å²) in [6.45, 7) is 1.69. The zero-order chi connectivity index (χ0) is 27.9. The highest BCUT2D eigenvalue weighted by molar-refractivity contribution is 5.95. The first kappa shape index (κ1) is 28.7. The second-order valence-corrected chi connectivity index (χ2v) is 8.49. The zero-order valence-electron chi connectivity index (χ0n) is 20.3. The Kier molecular flexibility index (Phi) is 9.13. The number of pyridine rings is 1. The van der Waals surface area contributed by atoms with Crippen molar-refractivity contribution in [2.75, 3.05) is 13.1 Å². The molecule has 1 heterocycles. The number of hydrogen-bond donors (Lipinski definition) is 1. The largest absolute Gasteiger partial charge is 0.416 e. The number of benzene rings is 2. The van der Waals surface area contributed by atoms with Gasteiger partial charge >= 0.3 is 12.4 Å². The average Bonchev–Trinajstić information content (AvgIpc) is 2.88. The lowest BCUT2D eigenvalue weighted by Gasteiger charge is -2.32. The first-order valence-corrected chi connectivity index (χ1v) is 11.7. The Balaban J connectivity index is 1.90. The lowest BCUT2D eigenvalue weighted by molar-refractivity contribution is -0.143. The summed E-state index contributed by atoms with van der Waals surface area (Å²) in [4.78, 5) is 30.9. The summed E-state index contributed by atoms with van der Waals surface area (Å²) in [5, 5.41) is 2.69. The number of likely N-dealkylation sites (N-methyl/N-ethyl adjacent to an activating group) is 1. The fourth-order valence-electron chi connectivity index (χ4n) is 4.01. The number of hydrogen-bond acceptors (Lipinski definition) is 3. The maximum Gasteiger partial charge on any atom is 0.416 e. The Morgan fingerprint density at radius 1 is 0.895 bits per heavy atom. The molecule has 0 radical (unpaired) electrons. The Labute approximate surface area is 215 Å². The van der Waals surface area contributed by atoms with Crippen molar-refractivity contribution in [3.63, 3.8) is 0 Å². The quantitative estimate of drug-likeness (QED) is 0.340. The molecule has 0 aliphatic carbocycles. The molecular formula is C27H25F6N3O2. The first-order valence-electron chi connectivity index (χ1n) is 11.7. The van der Waals surface area contributed by atoms with Crippen LogP contribution in [0.2, 0.25) is 0 Å². The molecule has 0 fully saturated rings. The normalized spacial score (nSPS) is 12.6. The average molecular weight is 538 g/mol. The molecule has 2 amide bonds. The van der Waals surface area contributed by atoms with E-state index in [0.717, 1.165) is 5.56 Å². The molecule has 3 rings (SSSR count). The second-order valence-electron chi connectivity index (χ2n) is 8.49. The zero-order valence-corrected chi connectivity index (χ0v) is 20.3. The second kappa shape index (κ2) is 12.1. The molecule has 202 valence electrons. The number of alkyl halides is 6. The summed E-state index contributed by atoms with van der Waals surface area (Å²) in [7, 11) is 0. The summed E-state index contributed by atoms with van der Waals surface area (Å²) >= 11 is 0. The number of aromatic nitrogens is 1. The van der Waals surface area contributed by atoms with E-state index in [1.165, 1.54) is 17.2 Å². The van der Waals surface area contributed by atoms with Crippen molar-refractivity contribution in [2.24, 2.45) is 0 Å². The minimum atomic E-state index is -5.08. The van der Waals surface area contributed by atoms with Crippen LogP contribution in [0.3, 0.4) is 0 Å². The maximum absolute atomic E-state index is 13.4. The van der Waals surface area contributed by atoms with Gasteiger partial charge in [0.2, 0.25) is 0 Å². The van der Waals surface area contributed by atoms with Crippen molar-refractivity contribution in [2.45, 2.75) is 38.2 Å². The van der Waals surface area contributed by atoms with Crippen LogP contribution in [0.1, 0.15) is 50.9 Å². The van der Waals surface area contributed by atoms with Gasteiger partial charge in [0.25, 0.3) is 11.8 Å². The molecule has 0 spiro atoms. The van der Waals surface area contributed by atoms with Crippen LogP contribution in [0.25, 0.3) is 0 Å². The smallest absolute Gasteiger partial charge is 0.351 e. The Morgan fingerprint density at radius 2 is 1.50 bits per heavy atom. The third-order valence-electron chi connectivity index (χ3n) is 5.85. The molecule has 2 aromatic carbocycles. The molecule has 0 aliphatic rings. The molecule has 1 atom stereocenters. The highest BCUT2D eigenvalue weighted by Crippen LogP contribution is 2.36. The summed E-state index contributed by atoms with van der Waals surface area (Å²) in [6, 6.07) is 14.0. The number of nitrogens with zero attached hydrogens (tertiary/aromatic N) is 2. The SMILES string of the molecule is CCN(C(=O)c1cc(C(F)(F)F)cc(C(F)(F)F)c1)C(CCNC(=O)c1ccccn1)Cc1ccccc1.